The maximum atomic E-state index is 5.95. The molecule has 0 fully saturated rings. The SMILES string of the molecule is CCCCCCCCCCCOC[N+](C)(C)CCCCCCCCCC. The second-order valence-electron chi connectivity index (χ2n) is 9.00. The molecule has 0 heterocycles. The molecule has 2 heteroatoms. The lowest BCUT2D eigenvalue weighted by atomic mass is 10.1. The van der Waals surface area contributed by atoms with Gasteiger partial charge in [0.25, 0.3) is 0 Å². The van der Waals surface area contributed by atoms with Gasteiger partial charge in [-0.1, -0.05) is 104 Å². The van der Waals surface area contributed by atoms with Gasteiger partial charge in [0, 0.05) is 0 Å². The van der Waals surface area contributed by atoms with Gasteiger partial charge in [-0.25, -0.2) is 0 Å². The molecular formula is C24H52NO+. The standard InChI is InChI=1S/C24H52NO/c1-5-7-9-11-13-15-17-19-21-23-26-24-25(3,4)22-20-18-16-14-12-10-8-6-2/h5-24H2,1-4H3/q+1. The molecule has 0 rings (SSSR count). The van der Waals surface area contributed by atoms with E-state index in [2.05, 4.69) is 27.9 Å². The first-order chi connectivity index (χ1) is 12.6. The average molecular weight is 371 g/mol. The van der Waals surface area contributed by atoms with Gasteiger partial charge in [-0.3, -0.25) is 0 Å². The van der Waals surface area contributed by atoms with Crippen LogP contribution < -0.4 is 0 Å². The lowest BCUT2D eigenvalue weighted by Crippen LogP contribution is -2.42. The van der Waals surface area contributed by atoms with Gasteiger partial charge in [0.05, 0.1) is 27.2 Å². The highest BCUT2D eigenvalue weighted by molar-refractivity contribution is 4.47. The lowest BCUT2D eigenvalue weighted by Gasteiger charge is -2.29. The Labute approximate surface area is 166 Å². The number of ether oxygens (including phenoxy) is 1. The summed E-state index contributed by atoms with van der Waals surface area (Å²) >= 11 is 0. The molecule has 0 unspecified atom stereocenters. The van der Waals surface area contributed by atoms with Crippen LogP contribution in [0, 0.1) is 0 Å². The Bertz CT molecular complexity index is 265. The van der Waals surface area contributed by atoms with E-state index in [1.165, 1.54) is 116 Å². The summed E-state index contributed by atoms with van der Waals surface area (Å²) in [4.78, 5) is 0. The molecule has 0 aromatic rings. The first-order valence-electron chi connectivity index (χ1n) is 12.0. The van der Waals surface area contributed by atoms with Crippen LogP contribution in [-0.4, -0.2) is 38.5 Å². The molecule has 0 N–H and O–H groups in total. The van der Waals surface area contributed by atoms with Crippen molar-refractivity contribution in [3.05, 3.63) is 0 Å². The summed E-state index contributed by atoms with van der Waals surface area (Å²) < 4.78 is 6.97. The minimum Gasteiger partial charge on any atom is -0.332 e. The third-order valence-electron chi connectivity index (χ3n) is 5.45. The molecule has 0 spiro atoms. The van der Waals surface area contributed by atoms with Gasteiger partial charge in [-0.15, -0.1) is 0 Å². The van der Waals surface area contributed by atoms with E-state index in [1.54, 1.807) is 0 Å². The summed E-state index contributed by atoms with van der Waals surface area (Å²) in [5.74, 6) is 0. The topological polar surface area (TPSA) is 9.23 Å². The Kier molecular flexibility index (Phi) is 19.6. The summed E-state index contributed by atoms with van der Waals surface area (Å²) in [5, 5.41) is 0. The number of hydrogen-bond acceptors (Lipinski definition) is 1. The second-order valence-corrected chi connectivity index (χ2v) is 9.00. The van der Waals surface area contributed by atoms with Crippen LogP contribution in [0.1, 0.15) is 123 Å². The molecule has 0 atom stereocenters. The summed E-state index contributed by atoms with van der Waals surface area (Å²) in [7, 11) is 4.63. The van der Waals surface area contributed by atoms with Crippen molar-refractivity contribution in [2.45, 2.75) is 123 Å². The molecular weight excluding hydrogens is 318 g/mol. The normalized spacial score (nSPS) is 12.0. The second kappa shape index (κ2) is 19.7. The van der Waals surface area contributed by atoms with Gasteiger partial charge in [0.2, 0.25) is 0 Å². The highest BCUT2D eigenvalue weighted by atomic mass is 16.5. The van der Waals surface area contributed by atoms with Crippen molar-refractivity contribution in [2.75, 3.05) is 34.0 Å². The van der Waals surface area contributed by atoms with E-state index in [1.807, 2.05) is 0 Å². The van der Waals surface area contributed by atoms with Gasteiger partial charge in [-0.05, 0) is 19.3 Å². The Hall–Kier alpha value is -0.0800. The van der Waals surface area contributed by atoms with Crippen LogP contribution in [0.4, 0.5) is 0 Å². The van der Waals surface area contributed by atoms with E-state index >= 15 is 0 Å². The smallest absolute Gasteiger partial charge is 0.182 e. The minimum atomic E-state index is 0.882. The molecule has 0 aliphatic carbocycles. The van der Waals surface area contributed by atoms with Crippen molar-refractivity contribution in [1.82, 2.24) is 0 Å². The maximum absolute atomic E-state index is 5.95. The molecule has 0 radical (unpaired) electrons. The predicted molar refractivity (Wildman–Crippen MR) is 118 cm³/mol. The summed E-state index contributed by atoms with van der Waals surface area (Å²) in [5.41, 5.74) is 0. The molecule has 0 aromatic carbocycles. The minimum absolute atomic E-state index is 0.882. The zero-order valence-electron chi connectivity index (χ0n) is 19.0. The van der Waals surface area contributed by atoms with Gasteiger partial charge >= 0.3 is 0 Å². The Morgan fingerprint density at radius 3 is 1.35 bits per heavy atom. The van der Waals surface area contributed by atoms with Crippen molar-refractivity contribution in [2.24, 2.45) is 0 Å². The van der Waals surface area contributed by atoms with Gasteiger partial charge in [-0.2, -0.15) is 0 Å². The van der Waals surface area contributed by atoms with E-state index in [-0.39, 0.29) is 0 Å². The summed E-state index contributed by atoms with van der Waals surface area (Å²) in [6, 6.07) is 0. The van der Waals surface area contributed by atoms with Crippen LogP contribution in [0.3, 0.4) is 0 Å². The molecule has 0 aliphatic rings. The van der Waals surface area contributed by atoms with Crippen LogP contribution in [-0.2, 0) is 4.74 Å². The molecule has 0 aliphatic heterocycles. The number of hydrogen-bond donors (Lipinski definition) is 0. The van der Waals surface area contributed by atoms with E-state index < -0.39 is 0 Å². The van der Waals surface area contributed by atoms with E-state index in [4.69, 9.17) is 4.74 Å². The van der Waals surface area contributed by atoms with E-state index in [9.17, 15) is 0 Å². The van der Waals surface area contributed by atoms with Gasteiger partial charge in [0.15, 0.2) is 6.73 Å². The first-order valence-corrected chi connectivity index (χ1v) is 12.0. The summed E-state index contributed by atoms with van der Waals surface area (Å²) in [6.07, 6.45) is 23.7. The number of nitrogens with zero attached hydrogens (tertiary/aromatic N) is 1. The monoisotopic (exact) mass is 370 g/mol. The van der Waals surface area contributed by atoms with Gasteiger partial charge in [0.1, 0.15) is 0 Å². The molecule has 0 saturated carbocycles. The van der Waals surface area contributed by atoms with Crippen LogP contribution >= 0.6 is 0 Å². The van der Waals surface area contributed by atoms with Crippen molar-refractivity contribution < 1.29 is 9.22 Å². The number of rotatable bonds is 21. The van der Waals surface area contributed by atoms with Crippen LogP contribution in [0.25, 0.3) is 0 Å². The Balaban J connectivity index is 3.31. The first kappa shape index (κ1) is 25.9. The van der Waals surface area contributed by atoms with Crippen molar-refractivity contribution in [1.29, 1.82) is 0 Å². The van der Waals surface area contributed by atoms with Crippen LogP contribution in [0.2, 0.25) is 0 Å². The molecule has 0 bridgehead atoms. The highest BCUT2D eigenvalue weighted by Crippen LogP contribution is 2.11. The fraction of sp³-hybridized carbons (Fsp3) is 1.00. The van der Waals surface area contributed by atoms with Crippen molar-refractivity contribution >= 4 is 0 Å². The van der Waals surface area contributed by atoms with Crippen molar-refractivity contribution in [3.63, 3.8) is 0 Å². The molecule has 158 valence electrons. The van der Waals surface area contributed by atoms with Crippen molar-refractivity contribution in [3.8, 4) is 0 Å². The highest BCUT2D eigenvalue weighted by Gasteiger charge is 2.14. The zero-order chi connectivity index (χ0) is 19.3. The molecule has 0 saturated heterocycles. The quantitative estimate of drug-likeness (QED) is 0.114. The molecule has 0 amide bonds. The molecule has 0 aromatic heterocycles. The van der Waals surface area contributed by atoms with E-state index in [0.717, 1.165) is 17.8 Å². The molecule has 26 heavy (non-hydrogen) atoms. The van der Waals surface area contributed by atoms with Crippen LogP contribution in [0.5, 0.6) is 0 Å². The average Bonchev–Trinajstić information content (AvgIpc) is 2.62. The number of quaternary nitrogens is 1. The zero-order valence-corrected chi connectivity index (χ0v) is 19.0. The molecule has 2 nitrogen and oxygen atoms in total. The lowest BCUT2D eigenvalue weighted by molar-refractivity contribution is -0.909. The van der Waals surface area contributed by atoms with E-state index in [0.29, 0.717) is 0 Å². The van der Waals surface area contributed by atoms with Gasteiger partial charge < -0.3 is 9.22 Å². The largest absolute Gasteiger partial charge is 0.332 e. The fourth-order valence-corrected chi connectivity index (χ4v) is 3.56. The van der Waals surface area contributed by atoms with Crippen LogP contribution in [0.15, 0.2) is 0 Å². The third-order valence-corrected chi connectivity index (χ3v) is 5.45. The number of unbranched alkanes of at least 4 members (excludes halogenated alkanes) is 15. The third kappa shape index (κ3) is 20.2. The Morgan fingerprint density at radius 1 is 0.500 bits per heavy atom. The maximum Gasteiger partial charge on any atom is 0.182 e. The predicted octanol–water partition coefficient (Wildman–Crippen LogP) is 7.71. The summed E-state index contributed by atoms with van der Waals surface area (Å²) in [6.45, 7) is 7.67. The Morgan fingerprint density at radius 2 is 0.885 bits per heavy atom. The fourth-order valence-electron chi connectivity index (χ4n) is 3.56.